The van der Waals surface area contributed by atoms with Gasteiger partial charge in [0.1, 0.15) is 0 Å². The van der Waals surface area contributed by atoms with Gasteiger partial charge >= 0.3 is 0 Å². The molecule has 0 fully saturated rings. The third kappa shape index (κ3) is 3.93. The Hall–Kier alpha value is -3.05. The van der Waals surface area contributed by atoms with Crippen LogP contribution in [-0.2, 0) is 16.4 Å². The summed E-state index contributed by atoms with van der Waals surface area (Å²) in [4.78, 5) is 0.299. The smallest absolute Gasteiger partial charge is 0.268 e. The van der Waals surface area contributed by atoms with Gasteiger partial charge in [-0.15, -0.1) is 0 Å². The van der Waals surface area contributed by atoms with E-state index in [1.165, 1.54) is 20.7 Å². The number of rotatable bonds is 5. The lowest BCUT2D eigenvalue weighted by atomic mass is 9.94. The van der Waals surface area contributed by atoms with E-state index in [1.54, 1.807) is 18.3 Å². The number of aromatic nitrogens is 1. The second kappa shape index (κ2) is 8.14. The van der Waals surface area contributed by atoms with E-state index in [9.17, 15) is 8.42 Å². The van der Waals surface area contributed by atoms with Crippen LogP contribution >= 0.6 is 0 Å². The Morgan fingerprint density at radius 1 is 0.906 bits per heavy atom. The van der Waals surface area contributed by atoms with Crippen molar-refractivity contribution in [1.29, 1.82) is 0 Å². The molecular weight excluding hydrogens is 416 g/mol. The molecule has 0 unspecified atom stereocenters. The fourth-order valence-electron chi connectivity index (χ4n) is 4.37. The summed E-state index contributed by atoms with van der Waals surface area (Å²) in [5.74, 6) is 0.196. The van der Waals surface area contributed by atoms with Gasteiger partial charge in [0.2, 0.25) is 0 Å². The van der Waals surface area contributed by atoms with E-state index in [1.807, 2.05) is 43.3 Å². The highest BCUT2D eigenvalue weighted by atomic mass is 32.2. The Kier molecular flexibility index (Phi) is 5.63. The van der Waals surface area contributed by atoms with Gasteiger partial charge in [0.25, 0.3) is 10.0 Å². The van der Waals surface area contributed by atoms with Crippen LogP contribution in [0.5, 0.6) is 0 Å². The molecule has 0 saturated carbocycles. The van der Waals surface area contributed by atoms with Gasteiger partial charge in [-0.1, -0.05) is 37.6 Å². The Morgan fingerprint density at radius 3 is 2.12 bits per heavy atom. The SMILES string of the molecule is Cc1ccc(S(=O)(=O)n2cc(C(C)C)c3cc(Cc4c(C)cc(N)cc4C)ccc32)cc1. The molecule has 0 bridgehead atoms. The molecule has 4 nitrogen and oxygen atoms in total. The lowest BCUT2D eigenvalue weighted by Gasteiger charge is -2.12. The average molecular weight is 447 g/mol. The number of hydrogen-bond donors (Lipinski definition) is 1. The van der Waals surface area contributed by atoms with Gasteiger partial charge in [0, 0.05) is 17.3 Å². The molecule has 2 N–H and O–H groups in total. The zero-order valence-corrected chi connectivity index (χ0v) is 20.1. The molecule has 4 aromatic rings. The van der Waals surface area contributed by atoms with Crippen LogP contribution in [0.15, 0.2) is 65.7 Å². The Labute approximate surface area is 190 Å². The topological polar surface area (TPSA) is 65.1 Å². The standard InChI is InChI=1S/C27H30N2O2S/c1-17(2)26-16-29(32(30,31)23-9-6-18(3)7-10-23)27-11-8-21(15-25(26)27)14-24-19(4)12-22(28)13-20(24)5/h6-13,15-17H,14,28H2,1-5H3. The Bertz CT molecular complexity index is 1390. The van der Waals surface area contributed by atoms with Crippen LogP contribution in [0.4, 0.5) is 5.69 Å². The molecule has 0 amide bonds. The van der Waals surface area contributed by atoms with E-state index in [2.05, 4.69) is 33.8 Å². The number of nitrogen functional groups attached to an aromatic ring is 1. The molecule has 3 aromatic carbocycles. The lowest BCUT2D eigenvalue weighted by Crippen LogP contribution is -2.11. The molecule has 1 aromatic heterocycles. The lowest BCUT2D eigenvalue weighted by molar-refractivity contribution is 0.589. The maximum absolute atomic E-state index is 13.4. The van der Waals surface area contributed by atoms with Crippen LogP contribution in [0.3, 0.4) is 0 Å². The van der Waals surface area contributed by atoms with Crippen molar-refractivity contribution in [1.82, 2.24) is 3.97 Å². The zero-order chi connectivity index (χ0) is 23.2. The molecule has 166 valence electrons. The molecule has 5 heteroatoms. The highest BCUT2D eigenvalue weighted by Crippen LogP contribution is 2.32. The Morgan fingerprint density at radius 2 is 1.53 bits per heavy atom. The number of fused-ring (bicyclic) bond motifs is 1. The minimum Gasteiger partial charge on any atom is -0.399 e. The van der Waals surface area contributed by atoms with Crippen molar-refractivity contribution in [2.24, 2.45) is 0 Å². The second-order valence-electron chi connectivity index (χ2n) is 9.01. The largest absolute Gasteiger partial charge is 0.399 e. The highest BCUT2D eigenvalue weighted by Gasteiger charge is 2.22. The first-order chi connectivity index (χ1) is 15.1. The maximum atomic E-state index is 13.4. The van der Waals surface area contributed by atoms with E-state index in [0.29, 0.717) is 10.4 Å². The van der Waals surface area contributed by atoms with E-state index < -0.39 is 10.0 Å². The monoisotopic (exact) mass is 446 g/mol. The predicted molar refractivity (Wildman–Crippen MR) is 133 cm³/mol. The second-order valence-corrected chi connectivity index (χ2v) is 10.8. The van der Waals surface area contributed by atoms with Crippen molar-refractivity contribution in [3.63, 3.8) is 0 Å². The number of anilines is 1. The summed E-state index contributed by atoms with van der Waals surface area (Å²) in [5, 5.41) is 0.985. The van der Waals surface area contributed by atoms with E-state index >= 15 is 0 Å². The summed E-state index contributed by atoms with van der Waals surface area (Å²) in [6, 6.07) is 17.1. The molecule has 0 aliphatic heterocycles. The third-order valence-electron chi connectivity index (χ3n) is 6.16. The first-order valence-electron chi connectivity index (χ1n) is 10.9. The van der Waals surface area contributed by atoms with E-state index in [4.69, 9.17) is 5.73 Å². The Balaban J connectivity index is 1.84. The van der Waals surface area contributed by atoms with Gasteiger partial charge in [-0.2, -0.15) is 0 Å². The number of aryl methyl sites for hydroxylation is 3. The van der Waals surface area contributed by atoms with Gasteiger partial charge in [0.05, 0.1) is 10.4 Å². The number of nitrogens with two attached hydrogens (primary N) is 1. The average Bonchev–Trinajstić information content (AvgIpc) is 3.11. The fourth-order valence-corrected chi connectivity index (χ4v) is 5.75. The molecule has 0 saturated heterocycles. The molecule has 0 aliphatic rings. The summed E-state index contributed by atoms with van der Waals surface area (Å²) in [6.45, 7) is 10.3. The van der Waals surface area contributed by atoms with Crippen LogP contribution in [0.1, 0.15) is 53.1 Å². The van der Waals surface area contributed by atoms with Crippen LogP contribution in [0, 0.1) is 20.8 Å². The van der Waals surface area contributed by atoms with Crippen molar-refractivity contribution < 1.29 is 8.42 Å². The summed E-state index contributed by atoms with van der Waals surface area (Å²) >= 11 is 0. The van der Waals surface area contributed by atoms with Crippen molar-refractivity contribution in [3.8, 4) is 0 Å². The first kappa shape index (κ1) is 22.2. The van der Waals surface area contributed by atoms with E-state index in [0.717, 1.165) is 34.2 Å². The molecular formula is C27H30N2O2S. The van der Waals surface area contributed by atoms with Crippen LogP contribution in [0.25, 0.3) is 10.9 Å². The molecule has 0 radical (unpaired) electrons. The predicted octanol–water partition coefficient (Wildman–Crippen LogP) is 6.10. The minimum absolute atomic E-state index is 0.196. The molecule has 32 heavy (non-hydrogen) atoms. The zero-order valence-electron chi connectivity index (χ0n) is 19.3. The molecule has 1 heterocycles. The van der Waals surface area contributed by atoms with Gasteiger partial charge in [-0.3, -0.25) is 0 Å². The van der Waals surface area contributed by atoms with Crippen molar-refractivity contribution in [3.05, 3.63) is 94.2 Å². The highest BCUT2D eigenvalue weighted by molar-refractivity contribution is 7.90. The van der Waals surface area contributed by atoms with Gasteiger partial charge in [-0.05, 0) is 97.3 Å². The number of hydrogen-bond acceptors (Lipinski definition) is 3. The van der Waals surface area contributed by atoms with Crippen LogP contribution in [-0.4, -0.2) is 12.4 Å². The fraction of sp³-hybridized carbons (Fsp3) is 0.259. The molecule has 0 atom stereocenters. The van der Waals surface area contributed by atoms with Crippen LogP contribution < -0.4 is 5.73 Å². The minimum atomic E-state index is -3.68. The summed E-state index contributed by atoms with van der Waals surface area (Å²) in [6.07, 6.45) is 2.56. The summed E-state index contributed by atoms with van der Waals surface area (Å²) < 4.78 is 28.3. The van der Waals surface area contributed by atoms with Crippen molar-refractivity contribution in [2.75, 3.05) is 5.73 Å². The third-order valence-corrected chi connectivity index (χ3v) is 7.85. The van der Waals surface area contributed by atoms with Crippen LogP contribution in [0.2, 0.25) is 0 Å². The number of nitrogens with zero attached hydrogens (tertiary/aromatic N) is 1. The van der Waals surface area contributed by atoms with Crippen molar-refractivity contribution in [2.45, 2.75) is 51.9 Å². The van der Waals surface area contributed by atoms with Gasteiger partial charge in [-0.25, -0.2) is 12.4 Å². The van der Waals surface area contributed by atoms with Crippen molar-refractivity contribution >= 4 is 26.6 Å². The number of benzene rings is 3. The molecule has 4 rings (SSSR count). The summed E-state index contributed by atoms with van der Waals surface area (Å²) in [7, 11) is -3.68. The quantitative estimate of drug-likeness (QED) is 0.377. The van der Waals surface area contributed by atoms with Gasteiger partial charge in [0.15, 0.2) is 0 Å². The normalized spacial score (nSPS) is 12.1. The molecule has 0 aliphatic carbocycles. The molecule has 0 spiro atoms. The summed E-state index contributed by atoms with van der Waals surface area (Å²) in [5.41, 5.74) is 14.3. The van der Waals surface area contributed by atoms with E-state index in [-0.39, 0.29) is 5.92 Å². The van der Waals surface area contributed by atoms with Gasteiger partial charge < -0.3 is 5.73 Å². The maximum Gasteiger partial charge on any atom is 0.268 e. The first-order valence-corrected chi connectivity index (χ1v) is 12.3.